The summed E-state index contributed by atoms with van der Waals surface area (Å²) in [5.41, 5.74) is 1.30. The molecule has 0 bridgehead atoms. The molecule has 2 aromatic carbocycles. The van der Waals surface area contributed by atoms with E-state index in [9.17, 15) is 5.11 Å². The van der Waals surface area contributed by atoms with Crippen LogP contribution in [0.25, 0.3) is 0 Å². The molecule has 0 amide bonds. The Morgan fingerprint density at radius 3 is 2.46 bits per heavy atom. The highest BCUT2D eigenvalue weighted by molar-refractivity contribution is 5.28. The van der Waals surface area contributed by atoms with E-state index in [4.69, 9.17) is 14.2 Å². The van der Waals surface area contributed by atoms with Crippen LogP contribution in [0.1, 0.15) is 25.3 Å². The molecule has 2 aromatic rings. The van der Waals surface area contributed by atoms with Gasteiger partial charge in [-0.05, 0) is 35.7 Å². The van der Waals surface area contributed by atoms with Crippen molar-refractivity contribution in [3.63, 3.8) is 0 Å². The van der Waals surface area contributed by atoms with Crippen LogP contribution in [0.2, 0.25) is 0 Å². The lowest BCUT2D eigenvalue weighted by atomic mass is 10.0. The molecule has 1 fully saturated rings. The highest BCUT2D eigenvalue weighted by Crippen LogP contribution is 2.19. The summed E-state index contributed by atoms with van der Waals surface area (Å²) in [6, 6.07) is 17.8. The van der Waals surface area contributed by atoms with Crippen molar-refractivity contribution in [1.82, 2.24) is 4.90 Å². The predicted octanol–water partition coefficient (Wildman–Crippen LogP) is 3.33. The Kier molecular flexibility index (Phi) is 7.71. The van der Waals surface area contributed by atoms with E-state index < -0.39 is 6.10 Å². The third-order valence-corrected chi connectivity index (χ3v) is 4.86. The maximum absolute atomic E-state index is 10.3. The van der Waals surface area contributed by atoms with Gasteiger partial charge in [-0.2, -0.15) is 0 Å². The summed E-state index contributed by atoms with van der Waals surface area (Å²) in [6.45, 7) is 7.91. The Bertz CT molecular complexity index is 690. The van der Waals surface area contributed by atoms with Gasteiger partial charge in [0.1, 0.15) is 36.9 Å². The molecule has 1 heterocycles. The second-order valence-corrected chi connectivity index (χ2v) is 7.56. The third-order valence-electron chi connectivity index (χ3n) is 4.86. The Hall–Kier alpha value is -2.08. The molecule has 0 aliphatic carbocycles. The number of ether oxygens (including phenoxy) is 3. The predicted molar refractivity (Wildman–Crippen MR) is 110 cm³/mol. The first-order valence-corrected chi connectivity index (χ1v) is 10.0. The molecule has 0 aromatic heterocycles. The Labute approximate surface area is 167 Å². The van der Waals surface area contributed by atoms with Crippen LogP contribution in [-0.2, 0) is 4.74 Å². The van der Waals surface area contributed by atoms with Gasteiger partial charge in [0.2, 0.25) is 0 Å². The van der Waals surface area contributed by atoms with E-state index >= 15 is 0 Å². The summed E-state index contributed by atoms with van der Waals surface area (Å²) in [7, 11) is 0. The van der Waals surface area contributed by atoms with Crippen LogP contribution in [0.5, 0.6) is 11.5 Å². The Morgan fingerprint density at radius 1 is 1.04 bits per heavy atom. The number of rotatable bonds is 9. The van der Waals surface area contributed by atoms with Gasteiger partial charge in [-0.1, -0.05) is 44.2 Å². The molecule has 2 unspecified atom stereocenters. The van der Waals surface area contributed by atoms with Crippen LogP contribution in [0.4, 0.5) is 0 Å². The third kappa shape index (κ3) is 6.51. The minimum atomic E-state index is -0.538. The highest BCUT2D eigenvalue weighted by Gasteiger charge is 2.23. The lowest BCUT2D eigenvalue weighted by Crippen LogP contribution is -2.48. The fraction of sp³-hybridized carbons (Fsp3) is 0.478. The van der Waals surface area contributed by atoms with Gasteiger partial charge in [-0.15, -0.1) is 0 Å². The van der Waals surface area contributed by atoms with E-state index in [-0.39, 0.29) is 12.7 Å². The molecule has 152 valence electrons. The summed E-state index contributed by atoms with van der Waals surface area (Å²) in [5, 5.41) is 10.3. The molecule has 0 saturated carbocycles. The maximum Gasteiger partial charge on any atom is 0.119 e. The van der Waals surface area contributed by atoms with Crippen LogP contribution < -0.4 is 9.47 Å². The van der Waals surface area contributed by atoms with Gasteiger partial charge in [0.05, 0.1) is 6.61 Å². The zero-order chi connectivity index (χ0) is 19.8. The fourth-order valence-corrected chi connectivity index (χ4v) is 3.25. The normalized spacial score (nSPS) is 18.8. The van der Waals surface area contributed by atoms with Gasteiger partial charge in [-0.3, -0.25) is 4.90 Å². The number of nitrogens with zero attached hydrogens (tertiary/aromatic N) is 1. The number of hydrogen-bond donors (Lipinski definition) is 1. The molecule has 1 aliphatic rings. The van der Waals surface area contributed by atoms with Gasteiger partial charge in [0, 0.05) is 19.6 Å². The van der Waals surface area contributed by atoms with E-state index in [1.807, 2.05) is 42.5 Å². The lowest BCUT2D eigenvalue weighted by Gasteiger charge is -2.33. The molecule has 5 nitrogen and oxygen atoms in total. The minimum absolute atomic E-state index is 0.000710. The van der Waals surface area contributed by atoms with Crippen molar-refractivity contribution in [2.75, 3.05) is 39.5 Å². The van der Waals surface area contributed by atoms with Gasteiger partial charge >= 0.3 is 0 Å². The summed E-state index contributed by atoms with van der Waals surface area (Å²) in [5.74, 6) is 2.15. The molecule has 0 radical (unpaired) electrons. The number of para-hydroxylation sites is 1. The van der Waals surface area contributed by atoms with Crippen LogP contribution in [0.3, 0.4) is 0 Å². The molecular weight excluding hydrogens is 354 g/mol. The van der Waals surface area contributed by atoms with Crippen LogP contribution in [-0.4, -0.2) is 61.7 Å². The second-order valence-electron chi connectivity index (χ2n) is 7.56. The Balaban J connectivity index is 1.39. The quantitative estimate of drug-likeness (QED) is 0.718. The minimum Gasteiger partial charge on any atom is -0.491 e. The highest BCUT2D eigenvalue weighted by atomic mass is 16.5. The molecule has 5 heteroatoms. The Morgan fingerprint density at radius 2 is 1.75 bits per heavy atom. The van der Waals surface area contributed by atoms with E-state index in [1.165, 1.54) is 5.56 Å². The van der Waals surface area contributed by atoms with Gasteiger partial charge < -0.3 is 19.3 Å². The van der Waals surface area contributed by atoms with E-state index in [0.717, 1.165) is 24.6 Å². The fourth-order valence-electron chi connectivity index (χ4n) is 3.25. The summed E-state index contributed by atoms with van der Waals surface area (Å²) in [6.07, 6.45) is -0.538. The van der Waals surface area contributed by atoms with Gasteiger partial charge in [-0.25, -0.2) is 0 Å². The summed E-state index contributed by atoms with van der Waals surface area (Å²) in [4.78, 5) is 2.21. The maximum atomic E-state index is 10.3. The van der Waals surface area contributed by atoms with E-state index in [0.29, 0.717) is 25.7 Å². The number of aliphatic hydroxyl groups is 1. The zero-order valence-corrected chi connectivity index (χ0v) is 16.8. The van der Waals surface area contributed by atoms with Gasteiger partial charge in [0.25, 0.3) is 0 Å². The monoisotopic (exact) mass is 385 g/mol. The molecule has 0 spiro atoms. The molecule has 28 heavy (non-hydrogen) atoms. The second kappa shape index (κ2) is 10.5. The SMILES string of the molecule is CC(C)c1ccc(OCC2CN(CC(O)COc3ccccc3)CCO2)cc1. The van der Waals surface area contributed by atoms with Crippen molar-refractivity contribution < 1.29 is 19.3 Å². The molecule has 3 rings (SSSR count). The molecule has 1 N–H and O–H groups in total. The average molecular weight is 386 g/mol. The smallest absolute Gasteiger partial charge is 0.119 e. The number of benzene rings is 2. The number of hydrogen-bond acceptors (Lipinski definition) is 5. The van der Waals surface area contributed by atoms with Crippen LogP contribution >= 0.6 is 0 Å². The number of β-amino-alcohol motifs (C(OH)–C–C–N with tert-alkyl or cyclic N) is 1. The standard InChI is InChI=1S/C23H31NO4/c1-18(2)19-8-10-22(11-9-19)28-17-23-15-24(12-13-26-23)14-20(25)16-27-21-6-4-3-5-7-21/h3-11,18,20,23,25H,12-17H2,1-2H3. The van der Waals surface area contributed by atoms with Crippen molar-refractivity contribution in [3.8, 4) is 11.5 Å². The van der Waals surface area contributed by atoms with Gasteiger partial charge in [0.15, 0.2) is 0 Å². The number of morpholine rings is 1. The molecule has 2 atom stereocenters. The van der Waals surface area contributed by atoms with Crippen molar-refractivity contribution in [2.45, 2.75) is 32.0 Å². The van der Waals surface area contributed by atoms with Crippen LogP contribution in [0.15, 0.2) is 54.6 Å². The lowest BCUT2D eigenvalue weighted by molar-refractivity contribution is -0.0601. The largest absolute Gasteiger partial charge is 0.491 e. The van der Waals surface area contributed by atoms with Crippen LogP contribution in [0, 0.1) is 0 Å². The summed E-state index contributed by atoms with van der Waals surface area (Å²) >= 11 is 0. The molecule has 1 saturated heterocycles. The van der Waals surface area contributed by atoms with Crippen molar-refractivity contribution in [2.24, 2.45) is 0 Å². The van der Waals surface area contributed by atoms with E-state index in [1.54, 1.807) is 0 Å². The first kappa shape index (κ1) is 20.6. The summed E-state index contributed by atoms with van der Waals surface area (Å²) < 4.78 is 17.4. The topological polar surface area (TPSA) is 51.2 Å². The zero-order valence-electron chi connectivity index (χ0n) is 16.8. The average Bonchev–Trinajstić information content (AvgIpc) is 2.72. The van der Waals surface area contributed by atoms with Crippen molar-refractivity contribution >= 4 is 0 Å². The number of aliphatic hydroxyl groups excluding tert-OH is 1. The van der Waals surface area contributed by atoms with Crippen molar-refractivity contribution in [1.29, 1.82) is 0 Å². The molecular formula is C23H31NO4. The molecule has 1 aliphatic heterocycles. The van der Waals surface area contributed by atoms with E-state index in [2.05, 4.69) is 30.9 Å². The first-order chi connectivity index (χ1) is 13.6. The van der Waals surface area contributed by atoms with Crippen molar-refractivity contribution in [3.05, 3.63) is 60.2 Å². The first-order valence-electron chi connectivity index (χ1n) is 10.0.